The molecule has 0 aliphatic rings. The first kappa shape index (κ1) is 16.0. The van der Waals surface area contributed by atoms with Crippen molar-refractivity contribution in [3.05, 3.63) is 53.6 Å². The molecule has 1 aromatic rings. The molecule has 5 heteroatoms. The van der Waals surface area contributed by atoms with Gasteiger partial charge in [0.1, 0.15) is 6.10 Å². The minimum Gasteiger partial charge on any atom is -0.484 e. The Morgan fingerprint density at radius 2 is 2.10 bits per heavy atom. The zero-order chi connectivity index (χ0) is 15.0. The van der Waals surface area contributed by atoms with Gasteiger partial charge in [-0.3, -0.25) is 5.84 Å². The van der Waals surface area contributed by atoms with E-state index in [0.717, 1.165) is 24.1 Å². The van der Waals surface area contributed by atoms with Crippen LogP contribution in [0.3, 0.4) is 0 Å². The van der Waals surface area contributed by atoms with Crippen molar-refractivity contribution < 1.29 is 9.13 Å². The standard InChI is InChI=1S/C15H22FN3O/c1-11(7-8-13(10-17)19-18)9-12(2)20-15-6-4-3-5-14(15)16/h3-6,9-10,12,19H,7-8,17-18H2,1-2H3/b11-9-,13-10+. The Bertz CT molecular complexity index is 486. The minimum absolute atomic E-state index is 0.206. The van der Waals surface area contributed by atoms with Gasteiger partial charge in [0.2, 0.25) is 0 Å². The van der Waals surface area contributed by atoms with Crippen molar-refractivity contribution in [2.24, 2.45) is 11.6 Å². The molecule has 1 unspecified atom stereocenters. The van der Waals surface area contributed by atoms with Gasteiger partial charge in [-0.25, -0.2) is 4.39 Å². The van der Waals surface area contributed by atoms with E-state index in [1.54, 1.807) is 18.2 Å². The highest BCUT2D eigenvalue weighted by atomic mass is 19.1. The second-order valence-corrected chi connectivity index (χ2v) is 4.60. The van der Waals surface area contributed by atoms with E-state index >= 15 is 0 Å². The van der Waals surface area contributed by atoms with Crippen molar-refractivity contribution in [3.63, 3.8) is 0 Å². The lowest BCUT2D eigenvalue weighted by atomic mass is 10.1. The second kappa shape index (κ2) is 8.22. The fraction of sp³-hybridized carbons (Fsp3) is 0.333. The van der Waals surface area contributed by atoms with Gasteiger partial charge >= 0.3 is 0 Å². The van der Waals surface area contributed by atoms with Gasteiger partial charge in [0.15, 0.2) is 11.6 Å². The summed E-state index contributed by atoms with van der Waals surface area (Å²) in [4.78, 5) is 0. The summed E-state index contributed by atoms with van der Waals surface area (Å²) < 4.78 is 19.0. The molecule has 1 rings (SSSR count). The van der Waals surface area contributed by atoms with Crippen LogP contribution in [0.4, 0.5) is 4.39 Å². The van der Waals surface area contributed by atoms with Gasteiger partial charge < -0.3 is 15.9 Å². The third-order valence-electron chi connectivity index (χ3n) is 2.84. The van der Waals surface area contributed by atoms with Crippen molar-refractivity contribution in [2.75, 3.05) is 0 Å². The number of nitrogens with two attached hydrogens (primary N) is 2. The molecule has 5 N–H and O–H groups in total. The first-order chi connectivity index (χ1) is 9.56. The average molecular weight is 279 g/mol. The number of rotatable bonds is 7. The van der Waals surface area contributed by atoms with E-state index in [9.17, 15) is 4.39 Å². The molecule has 1 atom stereocenters. The van der Waals surface area contributed by atoms with Crippen molar-refractivity contribution in [3.8, 4) is 5.75 Å². The van der Waals surface area contributed by atoms with Gasteiger partial charge in [-0.15, -0.1) is 0 Å². The van der Waals surface area contributed by atoms with E-state index in [0.29, 0.717) is 0 Å². The Hall–Kier alpha value is -2.01. The molecule has 0 bridgehead atoms. The van der Waals surface area contributed by atoms with Crippen LogP contribution in [0.15, 0.2) is 47.8 Å². The number of ether oxygens (including phenoxy) is 1. The maximum Gasteiger partial charge on any atom is 0.165 e. The number of nitrogens with one attached hydrogen (secondary N) is 1. The summed E-state index contributed by atoms with van der Waals surface area (Å²) >= 11 is 0. The normalized spacial score (nSPS) is 14.0. The van der Waals surface area contributed by atoms with Crippen LogP contribution in [-0.4, -0.2) is 6.10 Å². The maximum absolute atomic E-state index is 13.4. The number of allylic oxidation sites excluding steroid dienone is 2. The lowest BCUT2D eigenvalue weighted by molar-refractivity contribution is 0.255. The second-order valence-electron chi connectivity index (χ2n) is 4.60. The van der Waals surface area contributed by atoms with Crippen molar-refractivity contribution in [2.45, 2.75) is 32.8 Å². The first-order valence-electron chi connectivity index (χ1n) is 6.52. The summed E-state index contributed by atoms with van der Waals surface area (Å²) in [6, 6.07) is 6.37. The molecule has 20 heavy (non-hydrogen) atoms. The molecule has 0 heterocycles. The lowest BCUT2D eigenvalue weighted by Crippen LogP contribution is -2.22. The molecule has 0 aromatic heterocycles. The number of benzene rings is 1. The third-order valence-corrected chi connectivity index (χ3v) is 2.84. The van der Waals surface area contributed by atoms with Crippen LogP contribution in [0.25, 0.3) is 0 Å². The van der Waals surface area contributed by atoms with E-state index in [1.165, 1.54) is 12.3 Å². The summed E-state index contributed by atoms with van der Waals surface area (Å²) in [6.45, 7) is 3.86. The van der Waals surface area contributed by atoms with Gasteiger partial charge in [0, 0.05) is 11.9 Å². The topological polar surface area (TPSA) is 73.3 Å². The smallest absolute Gasteiger partial charge is 0.165 e. The van der Waals surface area contributed by atoms with Gasteiger partial charge in [-0.05, 0) is 44.9 Å². The average Bonchev–Trinajstić information content (AvgIpc) is 2.42. The molecular formula is C15H22FN3O. The number of hydrogen-bond donors (Lipinski definition) is 3. The summed E-state index contributed by atoms with van der Waals surface area (Å²) in [7, 11) is 0. The van der Waals surface area contributed by atoms with E-state index in [4.69, 9.17) is 16.3 Å². The van der Waals surface area contributed by atoms with Crippen LogP contribution >= 0.6 is 0 Å². The monoisotopic (exact) mass is 279 g/mol. The Balaban J connectivity index is 2.53. The lowest BCUT2D eigenvalue weighted by Gasteiger charge is -2.13. The SMILES string of the molecule is C/C(=C/C(C)Oc1ccccc1F)CC/C(=C\N)NN. The number of hydrogen-bond acceptors (Lipinski definition) is 4. The molecule has 0 fully saturated rings. The van der Waals surface area contributed by atoms with Gasteiger partial charge in [-0.2, -0.15) is 0 Å². The Morgan fingerprint density at radius 3 is 2.70 bits per heavy atom. The zero-order valence-corrected chi connectivity index (χ0v) is 11.9. The summed E-state index contributed by atoms with van der Waals surface area (Å²) in [6.07, 6.45) is 4.73. The highest BCUT2D eigenvalue weighted by Crippen LogP contribution is 2.18. The fourth-order valence-corrected chi connectivity index (χ4v) is 1.79. The van der Waals surface area contributed by atoms with Crippen molar-refractivity contribution >= 4 is 0 Å². The molecule has 0 saturated heterocycles. The number of para-hydroxylation sites is 1. The van der Waals surface area contributed by atoms with Crippen LogP contribution in [0.1, 0.15) is 26.7 Å². The van der Waals surface area contributed by atoms with Gasteiger partial charge in [0.05, 0.1) is 0 Å². The molecular weight excluding hydrogens is 257 g/mol. The largest absolute Gasteiger partial charge is 0.484 e. The maximum atomic E-state index is 13.4. The molecule has 0 spiro atoms. The number of hydrazine groups is 1. The van der Waals surface area contributed by atoms with Gasteiger partial charge in [-0.1, -0.05) is 17.7 Å². The molecule has 4 nitrogen and oxygen atoms in total. The highest BCUT2D eigenvalue weighted by molar-refractivity contribution is 5.24. The molecule has 0 radical (unpaired) electrons. The third kappa shape index (κ3) is 5.32. The van der Waals surface area contributed by atoms with Crippen LogP contribution in [0.2, 0.25) is 0 Å². The van der Waals surface area contributed by atoms with Crippen molar-refractivity contribution in [1.82, 2.24) is 5.43 Å². The van der Waals surface area contributed by atoms with E-state index in [-0.39, 0.29) is 17.7 Å². The van der Waals surface area contributed by atoms with Crippen molar-refractivity contribution in [1.29, 1.82) is 0 Å². The Labute approximate surface area is 119 Å². The highest BCUT2D eigenvalue weighted by Gasteiger charge is 2.06. The molecule has 1 aromatic carbocycles. The predicted molar refractivity (Wildman–Crippen MR) is 79.1 cm³/mol. The summed E-state index contributed by atoms with van der Waals surface area (Å²) in [5, 5.41) is 0. The quantitative estimate of drug-likeness (QED) is 0.407. The Morgan fingerprint density at radius 1 is 1.40 bits per heavy atom. The molecule has 0 amide bonds. The van der Waals surface area contributed by atoms with Crippen LogP contribution in [-0.2, 0) is 0 Å². The number of halogens is 1. The minimum atomic E-state index is -0.355. The van der Waals surface area contributed by atoms with Crippen LogP contribution in [0, 0.1) is 5.82 Å². The zero-order valence-electron chi connectivity index (χ0n) is 11.9. The Kier molecular flexibility index (Phi) is 6.59. The summed E-state index contributed by atoms with van der Waals surface area (Å²) in [5.74, 6) is 5.21. The molecule has 0 aliphatic heterocycles. The van der Waals surface area contributed by atoms with Crippen LogP contribution < -0.4 is 21.7 Å². The fourth-order valence-electron chi connectivity index (χ4n) is 1.79. The van der Waals surface area contributed by atoms with E-state index in [2.05, 4.69) is 5.43 Å². The predicted octanol–water partition coefficient (Wildman–Crippen LogP) is 2.58. The van der Waals surface area contributed by atoms with E-state index < -0.39 is 0 Å². The van der Waals surface area contributed by atoms with Gasteiger partial charge in [0.25, 0.3) is 0 Å². The van der Waals surface area contributed by atoms with Crippen LogP contribution in [0.5, 0.6) is 5.75 Å². The first-order valence-corrected chi connectivity index (χ1v) is 6.52. The molecule has 0 aliphatic carbocycles. The molecule has 0 saturated carbocycles. The molecule has 110 valence electrons. The summed E-state index contributed by atoms with van der Waals surface area (Å²) in [5.41, 5.74) is 9.84. The van der Waals surface area contributed by atoms with E-state index in [1.807, 2.05) is 19.9 Å².